The Bertz CT molecular complexity index is 195. The highest BCUT2D eigenvalue weighted by atomic mass is 31.0. The van der Waals surface area contributed by atoms with Crippen LogP contribution in [-0.4, -0.2) is 11.7 Å². The van der Waals surface area contributed by atoms with Gasteiger partial charge in [0, 0.05) is 6.04 Å². The van der Waals surface area contributed by atoms with Crippen LogP contribution in [-0.2, 0) is 0 Å². The van der Waals surface area contributed by atoms with Crippen LogP contribution in [0.15, 0.2) is 23.4 Å². The Morgan fingerprint density at radius 2 is 2.00 bits per heavy atom. The van der Waals surface area contributed by atoms with Crippen molar-refractivity contribution in [3.8, 4) is 0 Å². The first kappa shape index (κ1) is 11.7. The maximum absolute atomic E-state index is 5.94. The first-order valence-electron chi connectivity index (χ1n) is 4.10. The third kappa shape index (κ3) is 2.96. The fourth-order valence-corrected chi connectivity index (χ4v) is 1.16. The van der Waals surface area contributed by atoms with E-state index in [-0.39, 0.29) is 6.04 Å². The summed E-state index contributed by atoms with van der Waals surface area (Å²) in [6.07, 6.45) is 3.62. The van der Waals surface area contributed by atoms with Crippen molar-refractivity contribution >= 4 is 9.24 Å². The maximum atomic E-state index is 5.94. The Morgan fingerprint density at radius 1 is 1.50 bits per heavy atom. The molecule has 0 aromatic heterocycles. The molecule has 0 spiro atoms. The number of rotatable bonds is 3. The zero-order valence-electron chi connectivity index (χ0n) is 8.04. The molecule has 0 heterocycles. The summed E-state index contributed by atoms with van der Waals surface area (Å²) in [4.78, 5) is 0. The van der Waals surface area contributed by atoms with Crippen molar-refractivity contribution < 1.29 is 0 Å². The predicted molar refractivity (Wildman–Crippen MR) is 58.8 cm³/mol. The Balaban J connectivity index is 4.59. The molecule has 0 fully saturated rings. The van der Waals surface area contributed by atoms with E-state index in [0.717, 1.165) is 11.1 Å². The molecule has 3 unspecified atom stereocenters. The number of hydrogen-bond donors (Lipinski definition) is 2. The molecule has 0 aliphatic carbocycles. The molecule has 3 heteroatoms. The summed E-state index contributed by atoms with van der Waals surface area (Å²) in [6.45, 7) is 6.06. The number of nitrogens with two attached hydrogens (primary N) is 2. The quantitative estimate of drug-likeness (QED) is 0.517. The van der Waals surface area contributed by atoms with E-state index >= 15 is 0 Å². The van der Waals surface area contributed by atoms with Crippen LogP contribution in [0.3, 0.4) is 0 Å². The molecule has 3 atom stereocenters. The fraction of sp³-hybridized carbons (Fsp3) is 0.556. The van der Waals surface area contributed by atoms with Gasteiger partial charge in [0.25, 0.3) is 0 Å². The second kappa shape index (κ2) is 5.34. The summed E-state index contributed by atoms with van der Waals surface area (Å²) in [5.74, 6) is 0. The van der Waals surface area contributed by atoms with Gasteiger partial charge in [-0.25, -0.2) is 0 Å². The van der Waals surface area contributed by atoms with Crippen molar-refractivity contribution in [3.05, 3.63) is 23.4 Å². The highest BCUT2D eigenvalue weighted by Gasteiger charge is 2.13. The predicted octanol–water partition coefficient (Wildman–Crippen LogP) is 1.39. The van der Waals surface area contributed by atoms with Crippen molar-refractivity contribution in [1.29, 1.82) is 0 Å². The van der Waals surface area contributed by atoms with Gasteiger partial charge in [0.2, 0.25) is 0 Å². The lowest BCUT2D eigenvalue weighted by atomic mass is 9.99. The summed E-state index contributed by atoms with van der Waals surface area (Å²) >= 11 is 0. The second-order valence-electron chi connectivity index (χ2n) is 2.98. The molecule has 0 radical (unpaired) electrons. The van der Waals surface area contributed by atoms with Crippen LogP contribution in [0.4, 0.5) is 0 Å². The molecular formula is C9H19N2P. The molecule has 4 N–H and O–H groups in total. The van der Waals surface area contributed by atoms with Crippen LogP contribution in [0.25, 0.3) is 0 Å². The molecule has 2 nitrogen and oxygen atoms in total. The third-order valence-corrected chi connectivity index (χ3v) is 2.41. The Hall–Kier alpha value is -0.330. The van der Waals surface area contributed by atoms with Crippen LogP contribution < -0.4 is 11.5 Å². The minimum absolute atomic E-state index is 0.0104. The van der Waals surface area contributed by atoms with Gasteiger partial charge in [-0.1, -0.05) is 13.0 Å². The molecule has 0 saturated heterocycles. The molecular weight excluding hydrogens is 167 g/mol. The molecule has 12 heavy (non-hydrogen) atoms. The molecule has 0 bridgehead atoms. The minimum Gasteiger partial charge on any atom is -0.404 e. The van der Waals surface area contributed by atoms with Gasteiger partial charge in [-0.05, 0) is 36.9 Å². The fourth-order valence-electron chi connectivity index (χ4n) is 0.955. The molecule has 70 valence electrons. The molecule has 0 saturated carbocycles. The minimum atomic E-state index is 0.0104. The van der Waals surface area contributed by atoms with Crippen molar-refractivity contribution in [2.24, 2.45) is 11.5 Å². The van der Waals surface area contributed by atoms with Gasteiger partial charge in [-0.2, -0.15) is 0 Å². The van der Waals surface area contributed by atoms with Gasteiger partial charge in [-0.3, -0.25) is 0 Å². The van der Waals surface area contributed by atoms with Crippen molar-refractivity contribution in [2.45, 2.75) is 32.5 Å². The molecule has 0 aliphatic heterocycles. The largest absolute Gasteiger partial charge is 0.404 e. The Morgan fingerprint density at radius 3 is 2.25 bits per heavy atom. The van der Waals surface area contributed by atoms with Crippen LogP contribution in [0.5, 0.6) is 0 Å². The molecule has 0 aromatic carbocycles. The first-order chi connectivity index (χ1) is 5.54. The molecule has 0 amide bonds. The molecule has 0 aliphatic rings. The van der Waals surface area contributed by atoms with Gasteiger partial charge >= 0.3 is 0 Å². The summed E-state index contributed by atoms with van der Waals surface area (Å²) in [6, 6.07) is 0.0104. The van der Waals surface area contributed by atoms with Gasteiger partial charge in [0.1, 0.15) is 0 Å². The van der Waals surface area contributed by atoms with Crippen molar-refractivity contribution in [2.75, 3.05) is 0 Å². The lowest BCUT2D eigenvalue weighted by molar-refractivity contribution is 0.759. The van der Waals surface area contributed by atoms with E-state index in [2.05, 4.69) is 16.2 Å². The van der Waals surface area contributed by atoms with Crippen LogP contribution in [0.1, 0.15) is 20.8 Å². The van der Waals surface area contributed by atoms with Gasteiger partial charge < -0.3 is 11.5 Å². The number of allylic oxidation sites excluding steroid dienone is 1. The lowest BCUT2D eigenvalue weighted by Crippen LogP contribution is -2.31. The SMILES string of the molecule is C/C=C(C)\C(=C/N)C(N)C(C)P. The monoisotopic (exact) mass is 186 g/mol. The van der Waals surface area contributed by atoms with Crippen LogP contribution in [0, 0.1) is 0 Å². The highest BCUT2D eigenvalue weighted by Crippen LogP contribution is 2.17. The number of hydrogen-bond acceptors (Lipinski definition) is 2. The Kier molecular flexibility index (Phi) is 5.19. The normalized spacial score (nSPS) is 19.1. The lowest BCUT2D eigenvalue weighted by Gasteiger charge is -2.19. The van der Waals surface area contributed by atoms with E-state index in [0.29, 0.717) is 5.66 Å². The summed E-state index contributed by atoms with van der Waals surface area (Å²) in [5.41, 5.74) is 14.0. The highest BCUT2D eigenvalue weighted by molar-refractivity contribution is 7.17. The van der Waals surface area contributed by atoms with E-state index < -0.39 is 0 Å². The van der Waals surface area contributed by atoms with Gasteiger partial charge in [0.05, 0.1) is 0 Å². The standard InChI is InChI=1S/C9H19N2P/c1-4-6(2)8(5-10)9(11)7(3)12/h4-5,7,9H,10-12H2,1-3H3/b6-4-,8-5+. The summed E-state index contributed by atoms with van der Waals surface area (Å²) < 4.78 is 0. The average Bonchev–Trinajstić information content (AvgIpc) is 2.05. The van der Waals surface area contributed by atoms with E-state index in [9.17, 15) is 0 Å². The topological polar surface area (TPSA) is 52.0 Å². The van der Waals surface area contributed by atoms with E-state index in [1.54, 1.807) is 6.20 Å². The first-order valence-corrected chi connectivity index (χ1v) is 4.77. The van der Waals surface area contributed by atoms with Crippen LogP contribution >= 0.6 is 9.24 Å². The second-order valence-corrected chi connectivity index (χ2v) is 4.03. The third-order valence-electron chi connectivity index (χ3n) is 1.99. The molecule has 0 aromatic rings. The molecule has 0 rings (SSSR count). The summed E-state index contributed by atoms with van der Waals surface area (Å²) in [5, 5.41) is 0. The van der Waals surface area contributed by atoms with Crippen molar-refractivity contribution in [3.63, 3.8) is 0 Å². The van der Waals surface area contributed by atoms with Gasteiger partial charge in [0.15, 0.2) is 0 Å². The van der Waals surface area contributed by atoms with Crippen LogP contribution in [0.2, 0.25) is 0 Å². The van der Waals surface area contributed by atoms with E-state index in [1.165, 1.54) is 0 Å². The zero-order chi connectivity index (χ0) is 9.72. The smallest absolute Gasteiger partial charge is 0.0372 e. The van der Waals surface area contributed by atoms with E-state index in [1.807, 2.05) is 19.9 Å². The summed E-state index contributed by atoms with van der Waals surface area (Å²) in [7, 11) is 2.69. The van der Waals surface area contributed by atoms with E-state index in [4.69, 9.17) is 11.5 Å². The Labute approximate surface area is 77.3 Å². The van der Waals surface area contributed by atoms with Crippen molar-refractivity contribution in [1.82, 2.24) is 0 Å². The van der Waals surface area contributed by atoms with Gasteiger partial charge in [-0.15, -0.1) is 9.24 Å². The maximum Gasteiger partial charge on any atom is 0.0372 e. The average molecular weight is 186 g/mol. The zero-order valence-corrected chi connectivity index (χ0v) is 9.20.